The smallest absolute Gasteiger partial charge is 0.264 e. The third-order valence-corrected chi connectivity index (χ3v) is 14.7. The number of hydrogen-bond donors (Lipinski definition) is 1. The fourth-order valence-electron chi connectivity index (χ4n) is 7.48. The lowest BCUT2D eigenvalue weighted by molar-refractivity contribution is -0.145. The van der Waals surface area contributed by atoms with Crippen LogP contribution >= 0.6 is 22.6 Å². The maximum Gasteiger partial charge on any atom is 0.264 e. The van der Waals surface area contributed by atoms with E-state index in [0.29, 0.717) is 25.2 Å². The van der Waals surface area contributed by atoms with Gasteiger partial charge in [0.25, 0.3) is 5.91 Å². The lowest BCUT2D eigenvalue weighted by atomic mass is 9.82. The van der Waals surface area contributed by atoms with Crippen LogP contribution in [0.25, 0.3) is 0 Å². The molecular formula is C35H39IN4O4Si. The first kappa shape index (κ1) is 31.7. The molecule has 234 valence electrons. The monoisotopic (exact) mass is 734 g/mol. The third kappa shape index (κ3) is 5.45. The summed E-state index contributed by atoms with van der Waals surface area (Å²) in [4.78, 5) is 16.3. The number of aryl methyl sites for hydroxylation is 1. The molecular weight excluding hydrogens is 695 g/mol. The maximum absolute atomic E-state index is 14.5. The average Bonchev–Trinajstić information content (AvgIpc) is 3.71. The van der Waals surface area contributed by atoms with E-state index in [9.17, 15) is 9.90 Å². The van der Waals surface area contributed by atoms with E-state index < -0.39 is 19.8 Å². The van der Waals surface area contributed by atoms with Gasteiger partial charge in [-0.15, -0.1) is 11.7 Å². The molecule has 10 heteroatoms. The molecule has 0 unspecified atom stereocenters. The minimum atomic E-state index is -2.26. The number of ether oxygens (including phenoxy) is 2. The zero-order valence-corrected chi connectivity index (χ0v) is 29.2. The van der Waals surface area contributed by atoms with Crippen molar-refractivity contribution in [1.82, 2.24) is 15.0 Å². The lowest BCUT2D eigenvalue weighted by Gasteiger charge is -2.37. The van der Waals surface area contributed by atoms with Crippen molar-refractivity contribution in [2.45, 2.75) is 56.3 Å². The number of aliphatic hydroxyl groups excluding tert-OH is 1. The number of carbonyl (C=O) groups is 1. The molecule has 6 rings (SSSR count). The Kier molecular flexibility index (Phi) is 8.77. The van der Waals surface area contributed by atoms with Crippen molar-refractivity contribution in [3.63, 3.8) is 0 Å². The Labute approximate surface area is 279 Å². The highest BCUT2D eigenvalue weighted by Crippen LogP contribution is 2.60. The number of hydrogen-bond acceptors (Lipinski definition) is 6. The molecule has 1 aromatic heterocycles. The molecule has 45 heavy (non-hydrogen) atoms. The summed E-state index contributed by atoms with van der Waals surface area (Å²) in [7, 11) is -0.582. The Morgan fingerprint density at radius 1 is 1.16 bits per heavy atom. The summed E-state index contributed by atoms with van der Waals surface area (Å²) in [5.41, 5.74) is 2.12. The van der Waals surface area contributed by atoms with Crippen LogP contribution in [-0.4, -0.2) is 53.8 Å². The number of aromatic nitrogens is 3. The second kappa shape index (κ2) is 12.5. The van der Waals surface area contributed by atoms with Crippen molar-refractivity contribution in [2.75, 3.05) is 18.6 Å². The first-order valence-electron chi connectivity index (χ1n) is 15.3. The van der Waals surface area contributed by atoms with Crippen LogP contribution in [0.2, 0.25) is 18.6 Å². The van der Waals surface area contributed by atoms with Gasteiger partial charge < -0.3 is 19.5 Å². The first-order chi connectivity index (χ1) is 21.6. The van der Waals surface area contributed by atoms with Crippen molar-refractivity contribution >= 4 is 47.4 Å². The molecule has 1 N–H and O–H groups in total. The van der Waals surface area contributed by atoms with E-state index >= 15 is 0 Å². The number of rotatable bonds is 10. The molecule has 1 saturated heterocycles. The average molecular weight is 735 g/mol. The Bertz CT molecular complexity index is 1700. The zero-order valence-electron chi connectivity index (χ0n) is 26.1. The van der Waals surface area contributed by atoms with Gasteiger partial charge in [0.1, 0.15) is 17.5 Å². The highest BCUT2D eigenvalue weighted by atomic mass is 127. The first-order valence-corrected chi connectivity index (χ1v) is 19.5. The van der Waals surface area contributed by atoms with Crippen LogP contribution in [0.15, 0.2) is 91.6 Å². The third-order valence-electron chi connectivity index (χ3n) is 9.70. The van der Waals surface area contributed by atoms with Crippen molar-refractivity contribution in [1.29, 1.82) is 0 Å². The lowest BCUT2D eigenvalue weighted by Crippen LogP contribution is -2.51. The standard InChI is InChI=1S/C35H39IN4O4Si/c1-6-19-40-30-17-12-25(36)21-28(30)35(34(40)42)23(2)33(45(4,5)27-15-13-26(43-3)14-16-27)31(44-35)18-20-39-22-29(37-38-39)32(41)24-10-8-7-9-11-24/h6-17,21-23,31-33,41H,1,18-20H2,2-5H3/t23-,31+,32-,33-,35+/m1/s1. The molecule has 8 nitrogen and oxygen atoms in total. The fraction of sp³-hybridized carbons (Fsp3) is 0.343. The van der Waals surface area contributed by atoms with Gasteiger partial charge in [-0.05, 0) is 70.4 Å². The molecule has 0 radical (unpaired) electrons. The van der Waals surface area contributed by atoms with Gasteiger partial charge in [0.15, 0.2) is 5.60 Å². The number of aliphatic hydroxyl groups is 1. The topological polar surface area (TPSA) is 89.7 Å². The van der Waals surface area contributed by atoms with Crippen molar-refractivity contribution in [3.8, 4) is 5.75 Å². The van der Waals surface area contributed by atoms with Gasteiger partial charge in [-0.2, -0.15) is 0 Å². The van der Waals surface area contributed by atoms with Gasteiger partial charge in [0.05, 0.1) is 33.2 Å². The Morgan fingerprint density at radius 3 is 2.58 bits per heavy atom. The Balaban J connectivity index is 1.37. The minimum Gasteiger partial charge on any atom is -0.497 e. The molecule has 1 amide bonds. The SMILES string of the molecule is C=CCN1C(=O)[C@@]2(O[C@@H](CCn3cc([C@H](O)c4ccccc4)nn3)[C@H]([Si](C)(C)c3ccc(OC)cc3)[C@H]2C)c2cc(I)ccc21. The second-order valence-electron chi connectivity index (χ2n) is 12.5. The number of amides is 1. The highest BCUT2D eigenvalue weighted by Gasteiger charge is 2.66. The van der Waals surface area contributed by atoms with Gasteiger partial charge in [-0.1, -0.05) is 79.0 Å². The zero-order chi connectivity index (χ0) is 31.9. The minimum absolute atomic E-state index is 0.0204. The number of carbonyl (C=O) groups excluding carboxylic acids is 1. The van der Waals surface area contributed by atoms with Crippen LogP contribution in [-0.2, 0) is 21.7 Å². The predicted octanol–water partition coefficient (Wildman–Crippen LogP) is 5.81. The van der Waals surface area contributed by atoms with Crippen LogP contribution in [0.4, 0.5) is 5.69 Å². The summed E-state index contributed by atoms with van der Waals surface area (Å²) in [6.07, 6.45) is 3.15. The van der Waals surface area contributed by atoms with E-state index in [1.54, 1.807) is 24.1 Å². The van der Waals surface area contributed by atoms with Crippen LogP contribution in [0.1, 0.15) is 36.3 Å². The van der Waals surface area contributed by atoms with Gasteiger partial charge in [0.2, 0.25) is 0 Å². The number of benzene rings is 3. The van der Waals surface area contributed by atoms with Gasteiger partial charge in [-0.25, -0.2) is 0 Å². The van der Waals surface area contributed by atoms with Crippen LogP contribution in [0.3, 0.4) is 0 Å². The highest BCUT2D eigenvalue weighted by molar-refractivity contribution is 14.1. The molecule has 2 aliphatic rings. The fourth-order valence-corrected chi connectivity index (χ4v) is 12.0. The number of nitrogens with zero attached hydrogens (tertiary/aromatic N) is 4. The summed E-state index contributed by atoms with van der Waals surface area (Å²) in [5, 5.41) is 20.8. The summed E-state index contributed by atoms with van der Waals surface area (Å²) < 4.78 is 15.5. The summed E-state index contributed by atoms with van der Waals surface area (Å²) in [6.45, 7) is 11.8. The summed E-state index contributed by atoms with van der Waals surface area (Å²) in [5.74, 6) is 0.714. The van der Waals surface area contributed by atoms with E-state index in [0.717, 1.165) is 26.1 Å². The van der Waals surface area contributed by atoms with Crippen molar-refractivity contribution in [3.05, 3.63) is 112 Å². The molecule has 4 aromatic rings. The molecule has 0 saturated carbocycles. The summed E-state index contributed by atoms with van der Waals surface area (Å²) in [6, 6.07) is 24.0. The van der Waals surface area contributed by atoms with Gasteiger partial charge in [0, 0.05) is 28.1 Å². The van der Waals surface area contributed by atoms with E-state index in [4.69, 9.17) is 9.47 Å². The molecule has 5 atom stereocenters. The normalized spacial score (nSPS) is 23.4. The molecule has 3 aromatic carbocycles. The molecule has 3 heterocycles. The van der Waals surface area contributed by atoms with Crippen LogP contribution in [0, 0.1) is 9.49 Å². The van der Waals surface area contributed by atoms with E-state index in [1.165, 1.54) is 5.19 Å². The second-order valence-corrected chi connectivity index (χ2v) is 18.5. The predicted molar refractivity (Wildman–Crippen MR) is 186 cm³/mol. The van der Waals surface area contributed by atoms with E-state index in [1.807, 2.05) is 59.5 Å². The van der Waals surface area contributed by atoms with Crippen LogP contribution in [0.5, 0.6) is 5.75 Å². The largest absolute Gasteiger partial charge is 0.497 e. The molecule has 1 fully saturated rings. The van der Waals surface area contributed by atoms with Gasteiger partial charge >= 0.3 is 0 Å². The molecule has 0 aliphatic carbocycles. The molecule has 0 bridgehead atoms. The van der Waals surface area contributed by atoms with E-state index in [-0.39, 0.29) is 23.5 Å². The van der Waals surface area contributed by atoms with Crippen molar-refractivity contribution in [2.24, 2.45) is 5.92 Å². The number of halogens is 1. The Morgan fingerprint density at radius 2 is 1.89 bits per heavy atom. The molecule has 2 aliphatic heterocycles. The van der Waals surface area contributed by atoms with E-state index in [2.05, 4.69) is 77.7 Å². The summed E-state index contributed by atoms with van der Waals surface area (Å²) >= 11 is 2.32. The number of anilines is 1. The molecule has 1 spiro atoms. The number of methoxy groups -OCH3 is 1. The quantitative estimate of drug-likeness (QED) is 0.126. The van der Waals surface area contributed by atoms with Crippen LogP contribution < -0.4 is 14.8 Å². The van der Waals surface area contributed by atoms with Crippen molar-refractivity contribution < 1.29 is 19.4 Å². The van der Waals surface area contributed by atoms with Gasteiger partial charge in [-0.3, -0.25) is 9.48 Å². The Hall–Kier alpha value is -3.32. The maximum atomic E-state index is 14.5. The number of fused-ring (bicyclic) bond motifs is 2.